The fourth-order valence-electron chi connectivity index (χ4n) is 5.78. The van der Waals surface area contributed by atoms with Crippen molar-refractivity contribution in [3.05, 3.63) is 47.3 Å². The molecule has 1 aromatic heterocycles. The molecule has 1 saturated carbocycles. The number of aromatic nitrogens is 2. The minimum absolute atomic E-state index is 0.0416. The molecule has 4 rings (SSSR count). The second-order valence-electron chi connectivity index (χ2n) is 12.4. The predicted molar refractivity (Wildman–Crippen MR) is 173 cm³/mol. The number of rotatable bonds is 10. The van der Waals surface area contributed by atoms with Crippen molar-refractivity contribution in [2.75, 3.05) is 32.8 Å². The molecule has 3 amide bonds. The summed E-state index contributed by atoms with van der Waals surface area (Å²) in [6.45, 7) is 8.49. The SMILES string of the molecule is CCOC(=O)N1CCN(C(=O)[C@H](CCC(=O)OC(C)(C)C)NC(=O)c2nc(-c3ccccc3)nc(C3CCCC3)c2CS)CC1. The Bertz CT molecular complexity index is 1350. The lowest BCUT2D eigenvalue weighted by molar-refractivity contribution is -0.155. The number of benzene rings is 1. The van der Waals surface area contributed by atoms with Gasteiger partial charge in [-0.05, 0) is 47.0 Å². The lowest BCUT2D eigenvalue weighted by Crippen LogP contribution is -2.56. The minimum atomic E-state index is -1.02. The summed E-state index contributed by atoms with van der Waals surface area (Å²) < 4.78 is 10.6. The second-order valence-corrected chi connectivity index (χ2v) is 12.7. The molecule has 2 heterocycles. The summed E-state index contributed by atoms with van der Waals surface area (Å²) in [4.78, 5) is 65.6. The van der Waals surface area contributed by atoms with E-state index in [4.69, 9.17) is 19.4 Å². The Morgan fingerprint density at radius 3 is 2.24 bits per heavy atom. The average molecular weight is 640 g/mol. The van der Waals surface area contributed by atoms with Gasteiger partial charge in [0.15, 0.2) is 5.82 Å². The van der Waals surface area contributed by atoms with Crippen molar-refractivity contribution in [3.63, 3.8) is 0 Å². The van der Waals surface area contributed by atoms with E-state index in [-0.39, 0.29) is 55.8 Å². The zero-order valence-corrected chi connectivity index (χ0v) is 27.6. The van der Waals surface area contributed by atoms with Crippen LogP contribution < -0.4 is 5.32 Å². The maximum atomic E-state index is 14.1. The molecule has 11 nitrogen and oxygen atoms in total. The van der Waals surface area contributed by atoms with Gasteiger partial charge >= 0.3 is 12.1 Å². The van der Waals surface area contributed by atoms with Crippen LogP contribution in [0.5, 0.6) is 0 Å². The summed E-state index contributed by atoms with van der Waals surface area (Å²) >= 11 is 4.58. The second kappa shape index (κ2) is 15.6. The van der Waals surface area contributed by atoms with Crippen LogP contribution in [-0.4, -0.2) is 88.1 Å². The number of thiol groups is 1. The van der Waals surface area contributed by atoms with Crippen LogP contribution in [-0.2, 0) is 24.8 Å². The number of ether oxygens (including phenoxy) is 2. The Balaban J connectivity index is 1.62. The number of piperazine rings is 1. The van der Waals surface area contributed by atoms with Gasteiger partial charge in [-0.1, -0.05) is 43.2 Å². The summed E-state index contributed by atoms with van der Waals surface area (Å²) in [6, 6.07) is 8.49. The third-order valence-electron chi connectivity index (χ3n) is 7.96. The quantitative estimate of drug-likeness (QED) is 0.281. The molecule has 0 spiro atoms. The molecule has 45 heavy (non-hydrogen) atoms. The molecule has 2 fully saturated rings. The van der Waals surface area contributed by atoms with Crippen molar-refractivity contribution in [1.82, 2.24) is 25.1 Å². The lowest BCUT2D eigenvalue weighted by atomic mass is 9.97. The summed E-state index contributed by atoms with van der Waals surface area (Å²) in [5.74, 6) is -0.420. The molecule has 244 valence electrons. The van der Waals surface area contributed by atoms with Crippen molar-refractivity contribution < 1.29 is 28.7 Å². The highest BCUT2D eigenvalue weighted by molar-refractivity contribution is 7.79. The van der Waals surface area contributed by atoms with Crippen LogP contribution in [0.25, 0.3) is 11.4 Å². The Morgan fingerprint density at radius 1 is 1.00 bits per heavy atom. The first-order valence-electron chi connectivity index (χ1n) is 15.8. The first-order valence-corrected chi connectivity index (χ1v) is 16.4. The van der Waals surface area contributed by atoms with Gasteiger partial charge in [-0.3, -0.25) is 14.4 Å². The smallest absolute Gasteiger partial charge is 0.409 e. The van der Waals surface area contributed by atoms with E-state index in [9.17, 15) is 19.2 Å². The highest BCUT2D eigenvalue weighted by Gasteiger charge is 2.33. The number of nitrogens with zero attached hydrogens (tertiary/aromatic N) is 4. The minimum Gasteiger partial charge on any atom is -0.460 e. The van der Waals surface area contributed by atoms with E-state index in [1.54, 1.807) is 37.5 Å². The summed E-state index contributed by atoms with van der Waals surface area (Å²) in [5.41, 5.74) is 1.77. The van der Waals surface area contributed by atoms with E-state index in [0.717, 1.165) is 36.9 Å². The number of hydrogen-bond donors (Lipinski definition) is 2. The van der Waals surface area contributed by atoms with E-state index in [0.29, 0.717) is 24.5 Å². The Hall–Kier alpha value is -3.67. The molecule has 1 aliphatic carbocycles. The van der Waals surface area contributed by atoms with Gasteiger partial charge in [0.25, 0.3) is 5.91 Å². The molecule has 2 aromatic rings. The molecule has 0 bridgehead atoms. The van der Waals surface area contributed by atoms with Crippen molar-refractivity contribution in [2.24, 2.45) is 0 Å². The van der Waals surface area contributed by atoms with E-state index in [1.165, 1.54) is 0 Å². The van der Waals surface area contributed by atoms with Crippen molar-refractivity contribution in [3.8, 4) is 11.4 Å². The van der Waals surface area contributed by atoms with Gasteiger partial charge in [0.05, 0.1) is 12.3 Å². The Labute approximate surface area is 270 Å². The number of carbonyl (C=O) groups excluding carboxylic acids is 4. The summed E-state index contributed by atoms with van der Waals surface area (Å²) in [6.07, 6.45) is 3.68. The molecular weight excluding hydrogens is 594 g/mol. The molecular formula is C33H45N5O6S. The van der Waals surface area contributed by atoms with Crippen LogP contribution in [0.1, 0.15) is 93.9 Å². The monoisotopic (exact) mass is 639 g/mol. The van der Waals surface area contributed by atoms with Gasteiger partial charge < -0.3 is 24.6 Å². The highest BCUT2D eigenvalue weighted by atomic mass is 32.1. The van der Waals surface area contributed by atoms with Gasteiger partial charge in [-0.15, -0.1) is 0 Å². The van der Waals surface area contributed by atoms with Crippen LogP contribution in [0.15, 0.2) is 30.3 Å². The first kappa shape index (κ1) is 34.2. The van der Waals surface area contributed by atoms with Crippen molar-refractivity contribution in [2.45, 2.75) is 89.5 Å². The van der Waals surface area contributed by atoms with Crippen LogP contribution >= 0.6 is 12.6 Å². The van der Waals surface area contributed by atoms with Crippen LogP contribution in [0, 0.1) is 0 Å². The molecule has 12 heteroatoms. The van der Waals surface area contributed by atoms with Gasteiger partial charge in [0.1, 0.15) is 17.3 Å². The summed E-state index contributed by atoms with van der Waals surface area (Å²) in [5, 5.41) is 2.91. The molecule has 0 radical (unpaired) electrons. The fraction of sp³-hybridized carbons (Fsp3) is 0.576. The molecule has 0 unspecified atom stereocenters. The highest BCUT2D eigenvalue weighted by Crippen LogP contribution is 2.37. The van der Waals surface area contributed by atoms with Gasteiger partial charge in [0, 0.05) is 55.4 Å². The van der Waals surface area contributed by atoms with Crippen molar-refractivity contribution in [1.29, 1.82) is 0 Å². The number of hydrogen-bond acceptors (Lipinski definition) is 9. The largest absolute Gasteiger partial charge is 0.460 e. The van der Waals surface area contributed by atoms with Gasteiger partial charge in [-0.2, -0.15) is 12.6 Å². The maximum absolute atomic E-state index is 14.1. The Morgan fingerprint density at radius 2 is 1.64 bits per heavy atom. The number of esters is 1. The maximum Gasteiger partial charge on any atom is 0.409 e. The third-order valence-corrected chi connectivity index (χ3v) is 8.28. The zero-order chi connectivity index (χ0) is 32.6. The molecule has 2 aliphatic rings. The number of carbonyl (C=O) groups is 4. The third kappa shape index (κ3) is 9.18. The van der Waals surface area contributed by atoms with E-state index < -0.39 is 29.6 Å². The topological polar surface area (TPSA) is 131 Å². The average Bonchev–Trinajstić information content (AvgIpc) is 3.57. The van der Waals surface area contributed by atoms with Gasteiger partial charge in [0.2, 0.25) is 5.91 Å². The number of amides is 3. The van der Waals surface area contributed by atoms with Crippen LogP contribution in [0.4, 0.5) is 4.79 Å². The normalized spacial score (nSPS) is 16.3. The molecule has 1 atom stereocenters. The standard InChI is InChI=1S/C33H45N5O6S/c1-5-43-32(42)38-19-17-37(18-20-38)31(41)25(15-16-26(39)44-33(2,3)4)34-30(40)28-24(21-45)27(22-11-9-10-12-22)35-29(36-28)23-13-7-6-8-14-23/h6-8,13-14,22,25,45H,5,9-12,15-21H2,1-4H3,(H,34,40)/t25-/m0/s1. The van der Waals surface area contributed by atoms with E-state index >= 15 is 0 Å². The van der Waals surface area contributed by atoms with E-state index in [1.807, 2.05) is 30.3 Å². The predicted octanol–water partition coefficient (Wildman–Crippen LogP) is 4.75. The molecule has 1 aromatic carbocycles. The lowest BCUT2D eigenvalue weighted by Gasteiger charge is -2.36. The Kier molecular flexibility index (Phi) is 11.8. The number of nitrogens with one attached hydrogen (secondary N) is 1. The zero-order valence-electron chi connectivity index (χ0n) is 26.7. The van der Waals surface area contributed by atoms with Gasteiger partial charge in [-0.25, -0.2) is 14.8 Å². The van der Waals surface area contributed by atoms with Crippen LogP contribution in [0.2, 0.25) is 0 Å². The molecule has 1 N–H and O–H groups in total. The van der Waals surface area contributed by atoms with Crippen LogP contribution in [0.3, 0.4) is 0 Å². The molecule has 1 aliphatic heterocycles. The van der Waals surface area contributed by atoms with E-state index in [2.05, 4.69) is 17.9 Å². The molecule has 1 saturated heterocycles. The van der Waals surface area contributed by atoms with Crippen molar-refractivity contribution >= 4 is 36.5 Å². The summed E-state index contributed by atoms with van der Waals surface area (Å²) in [7, 11) is 0. The first-order chi connectivity index (χ1) is 21.5. The fourth-order valence-corrected chi connectivity index (χ4v) is 6.09.